The Labute approximate surface area is 197 Å². The quantitative estimate of drug-likeness (QED) is 0.618. The van der Waals surface area contributed by atoms with E-state index in [1.807, 2.05) is 30.9 Å². The third-order valence-corrected chi connectivity index (χ3v) is 6.15. The van der Waals surface area contributed by atoms with E-state index in [-0.39, 0.29) is 11.9 Å². The number of carbonyl (C=O) groups is 1. The minimum absolute atomic E-state index is 0.155. The maximum Gasteiger partial charge on any atom is 0.223 e. The SMILES string of the molecule is C=C(c1ccc(C)cc1)C(CC)N1CCCC1=O.CCC1=NCC(c2ccc(C)cc2O)=N1. The minimum atomic E-state index is 0.155. The van der Waals surface area contributed by atoms with Gasteiger partial charge < -0.3 is 10.0 Å². The third-order valence-electron chi connectivity index (χ3n) is 6.15. The van der Waals surface area contributed by atoms with Gasteiger partial charge in [-0.05, 0) is 55.5 Å². The average molecular weight is 446 g/mol. The molecule has 0 bridgehead atoms. The second-order valence-electron chi connectivity index (χ2n) is 8.67. The van der Waals surface area contributed by atoms with Gasteiger partial charge in [-0.2, -0.15) is 0 Å². The summed E-state index contributed by atoms with van der Waals surface area (Å²) in [5.41, 5.74) is 6.17. The number of aromatic hydroxyl groups is 1. The summed E-state index contributed by atoms with van der Waals surface area (Å²) in [4.78, 5) is 22.5. The van der Waals surface area contributed by atoms with Gasteiger partial charge in [0.25, 0.3) is 0 Å². The molecular formula is C28H35N3O2. The molecule has 0 aliphatic carbocycles. The van der Waals surface area contributed by atoms with Crippen LogP contribution in [0.3, 0.4) is 0 Å². The number of benzene rings is 2. The number of aryl methyl sites for hydroxylation is 2. The van der Waals surface area contributed by atoms with Gasteiger partial charge in [0, 0.05) is 24.9 Å². The number of rotatable bonds is 6. The van der Waals surface area contributed by atoms with Crippen LogP contribution in [0.25, 0.3) is 5.57 Å². The predicted octanol–water partition coefficient (Wildman–Crippen LogP) is 5.72. The first kappa shape index (κ1) is 24.4. The molecule has 5 nitrogen and oxygen atoms in total. The van der Waals surface area contributed by atoms with Crippen LogP contribution in [0.2, 0.25) is 0 Å². The van der Waals surface area contributed by atoms with E-state index in [9.17, 15) is 9.90 Å². The molecule has 1 fully saturated rings. The van der Waals surface area contributed by atoms with Crippen molar-refractivity contribution in [1.82, 2.24) is 4.90 Å². The van der Waals surface area contributed by atoms with Crippen LogP contribution in [0.15, 0.2) is 59.0 Å². The Morgan fingerprint density at radius 2 is 1.82 bits per heavy atom. The van der Waals surface area contributed by atoms with Gasteiger partial charge in [0.05, 0.1) is 18.3 Å². The fourth-order valence-corrected chi connectivity index (χ4v) is 4.23. The van der Waals surface area contributed by atoms with E-state index in [4.69, 9.17) is 0 Å². The van der Waals surface area contributed by atoms with Crippen molar-refractivity contribution in [2.24, 2.45) is 9.98 Å². The lowest BCUT2D eigenvalue weighted by atomic mass is 9.96. The number of hydrogen-bond acceptors (Lipinski definition) is 4. The van der Waals surface area contributed by atoms with Crippen molar-refractivity contribution < 1.29 is 9.90 Å². The van der Waals surface area contributed by atoms with Crippen LogP contribution >= 0.6 is 0 Å². The van der Waals surface area contributed by atoms with Crippen LogP contribution in [-0.4, -0.2) is 46.6 Å². The lowest BCUT2D eigenvalue weighted by molar-refractivity contribution is -0.128. The topological polar surface area (TPSA) is 65.3 Å². The van der Waals surface area contributed by atoms with Gasteiger partial charge in [0.2, 0.25) is 5.91 Å². The molecule has 2 aliphatic rings. The highest BCUT2D eigenvalue weighted by Crippen LogP contribution is 2.27. The van der Waals surface area contributed by atoms with E-state index in [1.165, 1.54) is 5.56 Å². The van der Waals surface area contributed by atoms with Crippen molar-refractivity contribution in [1.29, 1.82) is 0 Å². The fraction of sp³-hybridized carbons (Fsp3) is 0.393. The van der Waals surface area contributed by atoms with Gasteiger partial charge in [-0.3, -0.25) is 9.79 Å². The highest BCUT2D eigenvalue weighted by atomic mass is 16.3. The minimum Gasteiger partial charge on any atom is -0.507 e. The standard InChI is InChI=1S/C16H21NO.C12H14N2O/c1-4-15(17-11-5-6-16(17)18)13(3)14-9-7-12(2)8-10-14;1-3-12-13-7-10(14-12)9-5-4-8(2)6-11(9)15/h7-10,15H,3-6,11H2,1-2H3;4-6,15H,3,7H2,1-2H3. The summed E-state index contributed by atoms with van der Waals surface area (Å²) in [6.07, 6.45) is 3.45. The molecule has 1 N–H and O–H groups in total. The van der Waals surface area contributed by atoms with Gasteiger partial charge >= 0.3 is 0 Å². The second kappa shape index (κ2) is 11.1. The molecule has 2 aromatic carbocycles. The molecule has 4 rings (SSSR count). The normalized spacial score (nSPS) is 16.1. The number of amides is 1. The highest BCUT2D eigenvalue weighted by Gasteiger charge is 2.28. The van der Waals surface area contributed by atoms with Crippen molar-refractivity contribution in [3.05, 3.63) is 71.3 Å². The first-order chi connectivity index (χ1) is 15.8. The van der Waals surface area contributed by atoms with E-state index >= 15 is 0 Å². The van der Waals surface area contributed by atoms with Gasteiger partial charge in [0.15, 0.2) is 0 Å². The largest absolute Gasteiger partial charge is 0.507 e. The Hall–Kier alpha value is -3.21. The molecular weight excluding hydrogens is 410 g/mol. The number of carbonyl (C=O) groups excluding carboxylic acids is 1. The summed E-state index contributed by atoms with van der Waals surface area (Å²) in [6, 6.07) is 14.2. The van der Waals surface area contributed by atoms with Crippen molar-refractivity contribution in [3.63, 3.8) is 0 Å². The fourth-order valence-electron chi connectivity index (χ4n) is 4.23. The molecule has 0 spiro atoms. The first-order valence-electron chi connectivity index (χ1n) is 11.8. The van der Waals surface area contributed by atoms with Crippen molar-refractivity contribution in [2.75, 3.05) is 13.1 Å². The van der Waals surface area contributed by atoms with Gasteiger partial charge in [-0.1, -0.05) is 56.3 Å². The summed E-state index contributed by atoms with van der Waals surface area (Å²) in [5.74, 6) is 1.43. The summed E-state index contributed by atoms with van der Waals surface area (Å²) in [5, 5.41) is 9.78. The molecule has 2 heterocycles. The Morgan fingerprint density at radius 3 is 2.36 bits per heavy atom. The highest BCUT2D eigenvalue weighted by molar-refractivity contribution is 6.13. The van der Waals surface area contributed by atoms with Crippen molar-refractivity contribution in [3.8, 4) is 5.75 Å². The van der Waals surface area contributed by atoms with Crippen LogP contribution in [0.4, 0.5) is 0 Å². The number of phenols is 1. The zero-order valence-electron chi connectivity index (χ0n) is 20.3. The smallest absolute Gasteiger partial charge is 0.223 e. The number of aliphatic imine (C=N–C) groups is 2. The Kier molecular flexibility index (Phi) is 8.21. The summed E-state index contributed by atoms with van der Waals surface area (Å²) < 4.78 is 0. The van der Waals surface area contributed by atoms with Gasteiger partial charge in [-0.15, -0.1) is 0 Å². The first-order valence-corrected chi connectivity index (χ1v) is 11.8. The van der Waals surface area contributed by atoms with E-state index in [0.717, 1.165) is 59.6 Å². The Balaban J connectivity index is 0.000000189. The lowest BCUT2D eigenvalue weighted by Gasteiger charge is -2.29. The van der Waals surface area contributed by atoms with E-state index in [2.05, 4.69) is 54.7 Å². The molecule has 0 aromatic heterocycles. The average Bonchev–Trinajstić information content (AvgIpc) is 3.44. The molecule has 5 heteroatoms. The second-order valence-corrected chi connectivity index (χ2v) is 8.67. The monoisotopic (exact) mass is 445 g/mol. The number of likely N-dealkylation sites (tertiary alicyclic amines) is 1. The number of nitrogens with zero attached hydrogens (tertiary/aromatic N) is 3. The zero-order valence-corrected chi connectivity index (χ0v) is 20.3. The lowest BCUT2D eigenvalue weighted by Crippen LogP contribution is -2.36. The molecule has 1 unspecified atom stereocenters. The van der Waals surface area contributed by atoms with E-state index in [1.54, 1.807) is 6.07 Å². The van der Waals surface area contributed by atoms with Crippen molar-refractivity contribution in [2.45, 2.75) is 59.4 Å². The molecule has 2 aliphatic heterocycles. The molecule has 33 heavy (non-hydrogen) atoms. The van der Waals surface area contributed by atoms with E-state index < -0.39 is 0 Å². The number of phenolic OH excluding ortho intramolecular Hbond substituents is 1. The van der Waals surface area contributed by atoms with E-state index in [0.29, 0.717) is 18.7 Å². The Bertz CT molecular complexity index is 1070. The van der Waals surface area contributed by atoms with Gasteiger partial charge in [0.1, 0.15) is 11.6 Å². The Morgan fingerprint density at radius 1 is 1.12 bits per heavy atom. The number of amidine groups is 1. The molecule has 1 atom stereocenters. The maximum atomic E-state index is 11.8. The molecule has 1 amide bonds. The van der Waals surface area contributed by atoms with Crippen LogP contribution in [0, 0.1) is 13.8 Å². The van der Waals surface area contributed by atoms with Crippen LogP contribution in [0.5, 0.6) is 5.75 Å². The summed E-state index contributed by atoms with van der Waals surface area (Å²) >= 11 is 0. The maximum absolute atomic E-state index is 11.8. The molecule has 0 radical (unpaired) electrons. The zero-order chi connectivity index (χ0) is 24.0. The molecule has 2 aromatic rings. The third kappa shape index (κ3) is 5.98. The van der Waals surface area contributed by atoms with Crippen LogP contribution in [-0.2, 0) is 4.79 Å². The predicted molar refractivity (Wildman–Crippen MR) is 137 cm³/mol. The number of hydrogen-bond donors (Lipinski definition) is 1. The summed E-state index contributed by atoms with van der Waals surface area (Å²) in [6.45, 7) is 13.8. The molecule has 174 valence electrons. The summed E-state index contributed by atoms with van der Waals surface area (Å²) in [7, 11) is 0. The molecule has 0 saturated carbocycles. The van der Waals surface area contributed by atoms with Crippen molar-refractivity contribution >= 4 is 23.0 Å². The molecule has 1 saturated heterocycles. The van der Waals surface area contributed by atoms with Crippen LogP contribution in [0.1, 0.15) is 61.8 Å². The van der Waals surface area contributed by atoms with Gasteiger partial charge in [-0.25, -0.2) is 4.99 Å². The van der Waals surface area contributed by atoms with Crippen LogP contribution < -0.4 is 0 Å².